The van der Waals surface area contributed by atoms with E-state index in [1.807, 2.05) is 0 Å². The standard InChI is InChI=1S/C13H23N3O2/c1-9(2)4-12-14-13(18-15-12)8-16(3)7-10-5-11(17)6-10/h9-11,17H,4-8H2,1-3H3. The fourth-order valence-electron chi connectivity index (χ4n) is 2.39. The molecule has 0 atom stereocenters. The second-order valence-electron chi connectivity index (χ2n) is 5.89. The minimum Gasteiger partial charge on any atom is -0.393 e. The summed E-state index contributed by atoms with van der Waals surface area (Å²) in [6.45, 7) is 5.96. The lowest BCUT2D eigenvalue weighted by Crippen LogP contribution is -2.36. The van der Waals surface area contributed by atoms with Crippen LogP contribution in [0.5, 0.6) is 0 Å². The minimum atomic E-state index is -0.0792. The Balaban J connectivity index is 1.76. The second-order valence-corrected chi connectivity index (χ2v) is 5.89. The zero-order chi connectivity index (χ0) is 13.1. The predicted octanol–water partition coefficient (Wildman–Crippen LogP) is 1.47. The van der Waals surface area contributed by atoms with E-state index >= 15 is 0 Å². The maximum absolute atomic E-state index is 9.25. The maximum Gasteiger partial charge on any atom is 0.240 e. The molecule has 0 spiro atoms. The third kappa shape index (κ3) is 3.78. The number of aliphatic hydroxyl groups is 1. The first-order valence-corrected chi connectivity index (χ1v) is 6.71. The highest BCUT2D eigenvalue weighted by molar-refractivity contribution is 4.88. The number of hydrogen-bond donors (Lipinski definition) is 1. The lowest BCUT2D eigenvalue weighted by atomic mass is 9.82. The highest BCUT2D eigenvalue weighted by atomic mass is 16.5. The van der Waals surface area contributed by atoms with E-state index in [0.717, 1.165) is 31.6 Å². The Morgan fingerprint density at radius 3 is 2.78 bits per heavy atom. The normalized spacial score (nSPS) is 23.7. The van der Waals surface area contributed by atoms with E-state index in [0.29, 0.717) is 24.3 Å². The summed E-state index contributed by atoms with van der Waals surface area (Å²) in [7, 11) is 2.05. The first-order valence-electron chi connectivity index (χ1n) is 6.71. The third-order valence-electron chi connectivity index (χ3n) is 3.29. The van der Waals surface area contributed by atoms with E-state index < -0.39 is 0 Å². The van der Waals surface area contributed by atoms with Gasteiger partial charge in [-0.25, -0.2) is 0 Å². The van der Waals surface area contributed by atoms with Gasteiger partial charge in [0, 0.05) is 13.0 Å². The average Bonchev–Trinajstić information content (AvgIpc) is 2.62. The molecule has 0 bridgehead atoms. The van der Waals surface area contributed by atoms with Gasteiger partial charge < -0.3 is 9.63 Å². The van der Waals surface area contributed by atoms with E-state index in [1.54, 1.807) is 0 Å². The van der Waals surface area contributed by atoms with Crippen LogP contribution in [0.25, 0.3) is 0 Å². The lowest BCUT2D eigenvalue weighted by molar-refractivity contribution is 0.0261. The molecule has 2 rings (SSSR count). The molecule has 18 heavy (non-hydrogen) atoms. The molecule has 0 saturated heterocycles. The molecule has 1 fully saturated rings. The quantitative estimate of drug-likeness (QED) is 0.832. The van der Waals surface area contributed by atoms with Crippen LogP contribution in [0.1, 0.15) is 38.4 Å². The molecule has 5 nitrogen and oxygen atoms in total. The Hall–Kier alpha value is -0.940. The van der Waals surface area contributed by atoms with E-state index in [9.17, 15) is 5.11 Å². The molecule has 0 radical (unpaired) electrons. The fraction of sp³-hybridized carbons (Fsp3) is 0.846. The molecule has 1 aromatic rings. The maximum atomic E-state index is 9.25. The van der Waals surface area contributed by atoms with Gasteiger partial charge in [0.25, 0.3) is 0 Å². The van der Waals surface area contributed by atoms with Crippen molar-refractivity contribution in [1.29, 1.82) is 0 Å². The smallest absolute Gasteiger partial charge is 0.240 e. The average molecular weight is 253 g/mol. The molecular weight excluding hydrogens is 230 g/mol. The van der Waals surface area contributed by atoms with Crippen molar-refractivity contribution in [2.24, 2.45) is 11.8 Å². The molecule has 1 heterocycles. The van der Waals surface area contributed by atoms with Crippen molar-refractivity contribution in [3.05, 3.63) is 11.7 Å². The zero-order valence-corrected chi connectivity index (χ0v) is 11.5. The van der Waals surface area contributed by atoms with Crippen molar-refractivity contribution >= 4 is 0 Å². The Morgan fingerprint density at radius 2 is 2.17 bits per heavy atom. The van der Waals surface area contributed by atoms with Crippen LogP contribution in [-0.2, 0) is 13.0 Å². The molecule has 5 heteroatoms. The van der Waals surface area contributed by atoms with Crippen LogP contribution >= 0.6 is 0 Å². The van der Waals surface area contributed by atoms with Gasteiger partial charge in [0.2, 0.25) is 5.89 Å². The summed E-state index contributed by atoms with van der Waals surface area (Å²) in [6, 6.07) is 0. The molecule has 0 aliphatic heterocycles. The predicted molar refractivity (Wildman–Crippen MR) is 67.9 cm³/mol. The summed E-state index contributed by atoms with van der Waals surface area (Å²) >= 11 is 0. The van der Waals surface area contributed by atoms with Gasteiger partial charge >= 0.3 is 0 Å². The summed E-state index contributed by atoms with van der Waals surface area (Å²) in [4.78, 5) is 6.57. The van der Waals surface area contributed by atoms with Gasteiger partial charge in [0.05, 0.1) is 12.6 Å². The fourth-order valence-corrected chi connectivity index (χ4v) is 2.39. The van der Waals surface area contributed by atoms with Crippen molar-refractivity contribution in [1.82, 2.24) is 15.0 Å². The number of nitrogens with zero attached hydrogens (tertiary/aromatic N) is 3. The highest BCUT2D eigenvalue weighted by Crippen LogP contribution is 2.27. The molecule has 1 aliphatic carbocycles. The molecule has 0 aromatic carbocycles. The van der Waals surface area contributed by atoms with Gasteiger partial charge in [-0.05, 0) is 31.7 Å². The Morgan fingerprint density at radius 1 is 1.44 bits per heavy atom. The van der Waals surface area contributed by atoms with Crippen LogP contribution < -0.4 is 0 Å². The van der Waals surface area contributed by atoms with Gasteiger partial charge in [-0.1, -0.05) is 19.0 Å². The van der Waals surface area contributed by atoms with Crippen LogP contribution in [0.15, 0.2) is 4.52 Å². The summed E-state index contributed by atoms with van der Waals surface area (Å²) in [5, 5.41) is 13.2. The van der Waals surface area contributed by atoms with E-state index in [-0.39, 0.29) is 6.10 Å². The number of aromatic nitrogens is 2. The van der Waals surface area contributed by atoms with E-state index in [1.165, 1.54) is 0 Å². The Labute approximate surface area is 108 Å². The largest absolute Gasteiger partial charge is 0.393 e. The first kappa shape index (κ1) is 13.5. The van der Waals surface area contributed by atoms with Crippen LogP contribution in [0, 0.1) is 11.8 Å². The number of aliphatic hydroxyl groups excluding tert-OH is 1. The Bertz CT molecular complexity index is 372. The topological polar surface area (TPSA) is 62.4 Å². The van der Waals surface area contributed by atoms with Crippen molar-refractivity contribution < 1.29 is 9.63 Å². The lowest BCUT2D eigenvalue weighted by Gasteiger charge is -2.34. The van der Waals surface area contributed by atoms with Crippen LogP contribution in [-0.4, -0.2) is 39.8 Å². The van der Waals surface area contributed by atoms with Crippen LogP contribution in [0.4, 0.5) is 0 Å². The van der Waals surface area contributed by atoms with Gasteiger partial charge in [-0.15, -0.1) is 0 Å². The van der Waals surface area contributed by atoms with Crippen molar-refractivity contribution in [2.45, 2.75) is 45.8 Å². The minimum absolute atomic E-state index is 0.0792. The van der Waals surface area contributed by atoms with Crippen molar-refractivity contribution in [2.75, 3.05) is 13.6 Å². The summed E-state index contributed by atoms with van der Waals surface area (Å²) < 4.78 is 5.24. The monoisotopic (exact) mass is 253 g/mol. The van der Waals surface area contributed by atoms with Crippen LogP contribution in [0.3, 0.4) is 0 Å². The van der Waals surface area contributed by atoms with Gasteiger partial charge in [0.15, 0.2) is 5.82 Å². The van der Waals surface area contributed by atoms with E-state index in [2.05, 4.69) is 35.9 Å². The SMILES string of the molecule is CC(C)Cc1noc(CN(C)CC2CC(O)C2)n1. The summed E-state index contributed by atoms with van der Waals surface area (Å²) in [5.41, 5.74) is 0. The molecule has 1 N–H and O–H groups in total. The third-order valence-corrected chi connectivity index (χ3v) is 3.29. The second kappa shape index (κ2) is 5.80. The summed E-state index contributed by atoms with van der Waals surface area (Å²) in [5.74, 6) is 2.65. The molecule has 0 amide bonds. The van der Waals surface area contributed by atoms with Gasteiger partial charge in [-0.3, -0.25) is 4.90 Å². The summed E-state index contributed by atoms with van der Waals surface area (Å²) in [6.07, 6.45) is 2.63. The molecule has 102 valence electrons. The molecule has 1 aromatic heterocycles. The number of hydrogen-bond acceptors (Lipinski definition) is 5. The van der Waals surface area contributed by atoms with Gasteiger partial charge in [-0.2, -0.15) is 4.98 Å². The first-order chi connectivity index (χ1) is 8.52. The molecule has 0 unspecified atom stereocenters. The van der Waals surface area contributed by atoms with Crippen molar-refractivity contribution in [3.63, 3.8) is 0 Å². The number of rotatable bonds is 6. The molecular formula is C13H23N3O2. The molecule has 1 saturated carbocycles. The highest BCUT2D eigenvalue weighted by Gasteiger charge is 2.28. The van der Waals surface area contributed by atoms with Crippen molar-refractivity contribution in [3.8, 4) is 0 Å². The van der Waals surface area contributed by atoms with E-state index in [4.69, 9.17) is 4.52 Å². The van der Waals surface area contributed by atoms with Crippen LogP contribution in [0.2, 0.25) is 0 Å². The Kier molecular flexibility index (Phi) is 4.35. The van der Waals surface area contributed by atoms with Gasteiger partial charge in [0.1, 0.15) is 0 Å². The zero-order valence-electron chi connectivity index (χ0n) is 11.5. The molecule has 1 aliphatic rings.